The van der Waals surface area contributed by atoms with Gasteiger partial charge in [0, 0.05) is 0 Å². The summed E-state index contributed by atoms with van der Waals surface area (Å²) in [7, 11) is 0. The molecule has 1 fully saturated rings. The molecule has 1 heterocycles. The molecule has 66 valence electrons. The summed E-state index contributed by atoms with van der Waals surface area (Å²) in [5, 5.41) is 10.1. The highest BCUT2D eigenvalue weighted by atomic mass is 15.3. The molecule has 0 aromatic carbocycles. The molecule has 1 aromatic heterocycles. The molecule has 3 nitrogen and oxygen atoms in total. The molecular formula is C9H15N3. The number of aromatic nitrogens is 3. The van der Waals surface area contributed by atoms with Crippen molar-refractivity contribution in [2.45, 2.75) is 38.5 Å². The normalized spacial score (nSPS) is 16.0. The lowest BCUT2D eigenvalue weighted by molar-refractivity contribution is 0.504. The van der Waals surface area contributed by atoms with E-state index < -0.39 is 0 Å². The Kier molecular flexibility index (Phi) is 5.08. The number of hydrogen-bond donors (Lipinski definition) is 0. The molecule has 0 N–H and O–H groups in total. The maximum atomic E-state index is 3.42. The minimum atomic E-state index is 1.50. The van der Waals surface area contributed by atoms with Crippen molar-refractivity contribution in [2.24, 2.45) is 0 Å². The van der Waals surface area contributed by atoms with Gasteiger partial charge in [-0.15, -0.1) is 10.2 Å². The van der Waals surface area contributed by atoms with Gasteiger partial charge < -0.3 is 0 Å². The fourth-order valence-corrected chi connectivity index (χ4v) is 1.27. The molecule has 0 unspecified atom stereocenters. The van der Waals surface area contributed by atoms with Crippen LogP contribution in [0.1, 0.15) is 38.5 Å². The third-order valence-electron chi connectivity index (χ3n) is 1.91. The van der Waals surface area contributed by atoms with Gasteiger partial charge in [0.1, 0.15) is 0 Å². The van der Waals surface area contributed by atoms with Crippen LogP contribution in [0, 0.1) is 0 Å². The third kappa shape index (κ3) is 4.77. The van der Waals surface area contributed by atoms with Crippen molar-refractivity contribution < 1.29 is 0 Å². The smallest absolute Gasteiger partial charge is 0.0529 e. The van der Waals surface area contributed by atoms with Gasteiger partial charge in [0.25, 0.3) is 0 Å². The van der Waals surface area contributed by atoms with E-state index >= 15 is 0 Å². The summed E-state index contributed by atoms with van der Waals surface area (Å²) in [5.74, 6) is 0. The summed E-state index contributed by atoms with van der Waals surface area (Å²) < 4.78 is 0. The monoisotopic (exact) mass is 165 g/mol. The standard InChI is InChI=1S/C6H12.C3H3N3/c2*1-2-4-6-5-3-1/h1-6H2;1-3H. The van der Waals surface area contributed by atoms with Crippen molar-refractivity contribution in [3.63, 3.8) is 0 Å². The van der Waals surface area contributed by atoms with E-state index in [0.29, 0.717) is 0 Å². The van der Waals surface area contributed by atoms with Gasteiger partial charge in [0.15, 0.2) is 0 Å². The van der Waals surface area contributed by atoms with Crippen LogP contribution in [0.3, 0.4) is 0 Å². The van der Waals surface area contributed by atoms with Crippen LogP contribution in [0.4, 0.5) is 0 Å². The maximum Gasteiger partial charge on any atom is 0.0529 e. The molecule has 2 rings (SSSR count). The van der Waals surface area contributed by atoms with Crippen molar-refractivity contribution in [3.8, 4) is 0 Å². The lowest BCUT2D eigenvalue weighted by Crippen LogP contribution is -1.85. The Morgan fingerprint density at radius 3 is 1.25 bits per heavy atom. The van der Waals surface area contributed by atoms with E-state index in [-0.39, 0.29) is 0 Å². The zero-order valence-electron chi connectivity index (χ0n) is 7.32. The molecular weight excluding hydrogens is 150 g/mol. The Bertz CT molecular complexity index is 134. The van der Waals surface area contributed by atoms with E-state index in [0.717, 1.165) is 0 Å². The molecule has 0 spiro atoms. The highest BCUT2D eigenvalue weighted by molar-refractivity contribution is 4.69. The first-order valence-corrected chi connectivity index (χ1v) is 4.58. The number of hydrogen-bond acceptors (Lipinski definition) is 3. The Morgan fingerprint density at radius 1 is 0.667 bits per heavy atom. The first-order valence-electron chi connectivity index (χ1n) is 4.58. The average Bonchev–Trinajstić information content (AvgIpc) is 2.24. The molecule has 0 atom stereocenters. The van der Waals surface area contributed by atoms with Gasteiger partial charge in [-0.3, -0.25) is 0 Å². The van der Waals surface area contributed by atoms with Crippen LogP contribution in [0.5, 0.6) is 0 Å². The van der Waals surface area contributed by atoms with Gasteiger partial charge in [-0.2, -0.15) is 0 Å². The zero-order valence-corrected chi connectivity index (χ0v) is 7.32. The second kappa shape index (κ2) is 6.70. The van der Waals surface area contributed by atoms with E-state index in [1.54, 1.807) is 18.5 Å². The van der Waals surface area contributed by atoms with Crippen LogP contribution in [0.2, 0.25) is 0 Å². The van der Waals surface area contributed by atoms with Crippen LogP contribution < -0.4 is 0 Å². The Balaban J connectivity index is 0.000000120. The van der Waals surface area contributed by atoms with Crippen LogP contribution in [-0.2, 0) is 0 Å². The summed E-state index contributed by atoms with van der Waals surface area (Å²) in [6.45, 7) is 0. The Labute approximate surface area is 73.2 Å². The molecule has 0 amide bonds. The van der Waals surface area contributed by atoms with Gasteiger partial charge in [-0.05, 0) is 11.3 Å². The fourth-order valence-electron chi connectivity index (χ4n) is 1.27. The van der Waals surface area contributed by atoms with Crippen molar-refractivity contribution in [3.05, 3.63) is 18.5 Å². The summed E-state index contributed by atoms with van der Waals surface area (Å²) >= 11 is 0. The predicted molar refractivity (Wildman–Crippen MR) is 47.5 cm³/mol. The number of nitrogens with zero attached hydrogens (tertiary/aromatic N) is 3. The van der Waals surface area contributed by atoms with E-state index in [2.05, 4.69) is 15.4 Å². The summed E-state index contributed by atoms with van der Waals surface area (Å²) in [6, 6.07) is 1.72. The summed E-state index contributed by atoms with van der Waals surface area (Å²) in [4.78, 5) is 0. The molecule has 0 aliphatic heterocycles. The van der Waals surface area contributed by atoms with Crippen molar-refractivity contribution >= 4 is 0 Å². The van der Waals surface area contributed by atoms with Gasteiger partial charge in [-0.1, -0.05) is 38.5 Å². The highest BCUT2D eigenvalue weighted by Gasteiger charge is 1.95. The first kappa shape index (κ1) is 9.10. The molecule has 1 saturated carbocycles. The second-order valence-electron chi connectivity index (χ2n) is 2.93. The van der Waals surface area contributed by atoms with Crippen molar-refractivity contribution in [2.75, 3.05) is 0 Å². The van der Waals surface area contributed by atoms with Crippen molar-refractivity contribution in [1.82, 2.24) is 15.4 Å². The molecule has 0 saturated heterocycles. The second-order valence-corrected chi connectivity index (χ2v) is 2.93. The maximum absolute atomic E-state index is 3.42. The topological polar surface area (TPSA) is 38.7 Å². The van der Waals surface area contributed by atoms with Gasteiger partial charge in [0.2, 0.25) is 0 Å². The average molecular weight is 165 g/mol. The molecule has 3 heteroatoms. The lowest BCUT2D eigenvalue weighted by atomic mass is 10.0. The fraction of sp³-hybridized carbons (Fsp3) is 0.667. The Hall–Kier alpha value is -0.990. The first-order chi connectivity index (χ1) is 6.00. The van der Waals surface area contributed by atoms with E-state index in [1.807, 2.05) is 0 Å². The minimum Gasteiger partial charge on any atom is -0.139 e. The van der Waals surface area contributed by atoms with E-state index in [1.165, 1.54) is 38.5 Å². The van der Waals surface area contributed by atoms with Gasteiger partial charge in [0.05, 0.1) is 12.4 Å². The van der Waals surface area contributed by atoms with Gasteiger partial charge >= 0.3 is 0 Å². The largest absolute Gasteiger partial charge is 0.139 e. The molecule has 1 aliphatic carbocycles. The van der Waals surface area contributed by atoms with E-state index in [4.69, 9.17) is 0 Å². The number of rotatable bonds is 0. The van der Waals surface area contributed by atoms with Crippen LogP contribution >= 0.6 is 0 Å². The zero-order chi connectivity index (χ0) is 8.49. The molecule has 1 aromatic rings. The van der Waals surface area contributed by atoms with Crippen molar-refractivity contribution in [1.29, 1.82) is 0 Å². The summed E-state index contributed by atoms with van der Waals surface area (Å²) in [6.07, 6.45) is 12.2. The Morgan fingerprint density at radius 2 is 1.08 bits per heavy atom. The molecule has 12 heavy (non-hydrogen) atoms. The van der Waals surface area contributed by atoms with Crippen LogP contribution in [-0.4, -0.2) is 15.4 Å². The van der Waals surface area contributed by atoms with E-state index in [9.17, 15) is 0 Å². The van der Waals surface area contributed by atoms with Gasteiger partial charge in [-0.25, -0.2) is 0 Å². The quantitative estimate of drug-likeness (QED) is 0.591. The summed E-state index contributed by atoms with van der Waals surface area (Å²) in [5.41, 5.74) is 0. The third-order valence-corrected chi connectivity index (χ3v) is 1.91. The minimum absolute atomic E-state index is 1.50. The highest BCUT2D eigenvalue weighted by Crippen LogP contribution is 2.15. The predicted octanol–water partition coefficient (Wildman–Crippen LogP) is 2.21. The van der Waals surface area contributed by atoms with Crippen LogP contribution in [0.25, 0.3) is 0 Å². The molecule has 0 radical (unpaired) electrons. The molecule has 0 bridgehead atoms. The lowest BCUT2D eigenvalue weighted by Gasteiger charge is -2.05. The van der Waals surface area contributed by atoms with Crippen LogP contribution in [0.15, 0.2) is 18.5 Å². The SMILES string of the molecule is C1CCCCC1.c1cnnnc1. The molecule has 1 aliphatic rings.